The topological polar surface area (TPSA) is 35.5 Å². The lowest BCUT2D eigenvalue weighted by Gasteiger charge is -2.47. The normalized spacial score (nSPS) is 33.0. The minimum absolute atomic E-state index is 0.200. The zero-order chi connectivity index (χ0) is 10.8. The molecule has 0 bridgehead atoms. The summed E-state index contributed by atoms with van der Waals surface area (Å²) >= 11 is 5.20. The fourth-order valence-electron chi connectivity index (χ4n) is 1.64. The summed E-state index contributed by atoms with van der Waals surface area (Å²) in [6, 6.07) is 0. The van der Waals surface area contributed by atoms with Crippen LogP contribution in [0.15, 0.2) is 0 Å². The van der Waals surface area contributed by atoms with Crippen molar-refractivity contribution in [1.29, 1.82) is 0 Å². The highest BCUT2D eigenvalue weighted by molar-refractivity contribution is 7.80. The molecule has 0 spiro atoms. The first kappa shape index (κ1) is 11.7. The molecule has 0 aliphatic carbocycles. The van der Waals surface area contributed by atoms with Gasteiger partial charge in [0, 0.05) is 19.0 Å². The van der Waals surface area contributed by atoms with Crippen molar-refractivity contribution in [3.63, 3.8) is 0 Å². The van der Waals surface area contributed by atoms with Crippen molar-refractivity contribution in [3.8, 4) is 0 Å². The molecule has 4 heteroatoms. The summed E-state index contributed by atoms with van der Waals surface area (Å²) in [5, 5.41) is 14.1. The monoisotopic (exact) mass is 216 g/mol. The lowest BCUT2D eigenvalue weighted by Crippen LogP contribution is -2.63. The van der Waals surface area contributed by atoms with Gasteiger partial charge in [-0.2, -0.15) is 0 Å². The van der Waals surface area contributed by atoms with Gasteiger partial charge in [-0.25, -0.2) is 0 Å². The zero-order valence-electron chi connectivity index (χ0n) is 9.21. The van der Waals surface area contributed by atoms with Crippen molar-refractivity contribution in [2.75, 3.05) is 13.1 Å². The maximum Gasteiger partial charge on any atom is 0.171 e. The molecule has 3 nitrogen and oxygen atoms in total. The minimum atomic E-state index is -0.794. The average Bonchev–Trinajstić information content (AvgIpc) is 2.12. The molecule has 1 fully saturated rings. The molecule has 2 atom stereocenters. The highest BCUT2D eigenvalue weighted by atomic mass is 32.1. The first-order valence-electron chi connectivity index (χ1n) is 5.28. The second kappa shape index (κ2) is 4.45. The standard InChI is InChI=1S/C10H20N2OS/c1-4-5-6-12-9(14)11-7-8(2)10(12,3)13/h8,13H,4-7H2,1-3H3,(H,11,14). The van der Waals surface area contributed by atoms with E-state index in [2.05, 4.69) is 12.2 Å². The molecule has 1 saturated heterocycles. The van der Waals surface area contributed by atoms with Crippen molar-refractivity contribution in [2.24, 2.45) is 5.92 Å². The van der Waals surface area contributed by atoms with E-state index >= 15 is 0 Å². The SMILES string of the molecule is CCCCN1C(=S)NCC(C)C1(C)O. The Labute approximate surface area is 91.5 Å². The molecule has 1 heterocycles. The van der Waals surface area contributed by atoms with Crippen LogP contribution >= 0.6 is 12.2 Å². The minimum Gasteiger partial charge on any atom is -0.371 e. The number of unbranched alkanes of at least 4 members (excludes halogenated alkanes) is 1. The first-order valence-corrected chi connectivity index (χ1v) is 5.68. The average molecular weight is 216 g/mol. The quantitative estimate of drug-likeness (QED) is 0.698. The maximum atomic E-state index is 10.3. The summed E-state index contributed by atoms with van der Waals surface area (Å²) in [5.74, 6) is 0.200. The van der Waals surface area contributed by atoms with E-state index in [1.807, 2.05) is 18.7 Å². The van der Waals surface area contributed by atoms with Crippen LogP contribution in [0.25, 0.3) is 0 Å². The van der Waals surface area contributed by atoms with E-state index in [9.17, 15) is 5.11 Å². The van der Waals surface area contributed by atoms with Gasteiger partial charge in [0.05, 0.1) is 0 Å². The second-order valence-corrected chi connectivity index (χ2v) is 4.57. The van der Waals surface area contributed by atoms with E-state index in [4.69, 9.17) is 12.2 Å². The van der Waals surface area contributed by atoms with Crippen LogP contribution in [0, 0.1) is 5.92 Å². The number of nitrogens with zero attached hydrogens (tertiary/aromatic N) is 1. The molecule has 2 unspecified atom stereocenters. The van der Waals surface area contributed by atoms with Gasteiger partial charge in [-0.1, -0.05) is 20.3 Å². The van der Waals surface area contributed by atoms with Gasteiger partial charge in [0.1, 0.15) is 5.72 Å². The van der Waals surface area contributed by atoms with Gasteiger partial charge < -0.3 is 15.3 Å². The number of thiocarbonyl (C=S) groups is 1. The maximum absolute atomic E-state index is 10.3. The third-order valence-electron chi connectivity index (χ3n) is 3.02. The van der Waals surface area contributed by atoms with E-state index in [-0.39, 0.29) is 5.92 Å². The fraction of sp³-hybridized carbons (Fsp3) is 0.900. The van der Waals surface area contributed by atoms with Crippen molar-refractivity contribution < 1.29 is 5.11 Å². The highest BCUT2D eigenvalue weighted by Crippen LogP contribution is 2.25. The van der Waals surface area contributed by atoms with E-state index in [0.29, 0.717) is 5.11 Å². The molecule has 82 valence electrons. The molecule has 1 aliphatic rings. The lowest BCUT2D eigenvalue weighted by atomic mass is 9.95. The third kappa shape index (κ3) is 2.17. The summed E-state index contributed by atoms with van der Waals surface area (Å²) in [7, 11) is 0. The number of hydrogen-bond donors (Lipinski definition) is 2. The fourth-order valence-corrected chi connectivity index (χ4v) is 2.00. The number of hydrogen-bond acceptors (Lipinski definition) is 2. The van der Waals surface area contributed by atoms with E-state index in [0.717, 1.165) is 25.9 Å². The molecule has 0 amide bonds. The van der Waals surface area contributed by atoms with Crippen LogP contribution < -0.4 is 5.32 Å². The highest BCUT2D eigenvalue weighted by Gasteiger charge is 2.39. The van der Waals surface area contributed by atoms with Crippen molar-refractivity contribution >= 4 is 17.3 Å². The summed E-state index contributed by atoms with van der Waals surface area (Å²) in [6.07, 6.45) is 2.17. The Bertz CT molecular complexity index is 218. The largest absolute Gasteiger partial charge is 0.371 e. The zero-order valence-corrected chi connectivity index (χ0v) is 10.0. The Morgan fingerprint density at radius 1 is 1.71 bits per heavy atom. The summed E-state index contributed by atoms with van der Waals surface area (Å²) in [6.45, 7) is 7.61. The van der Waals surface area contributed by atoms with Gasteiger partial charge in [0.15, 0.2) is 5.11 Å². The molecule has 2 N–H and O–H groups in total. The van der Waals surface area contributed by atoms with E-state index < -0.39 is 5.72 Å². The predicted molar refractivity (Wildman–Crippen MR) is 62.0 cm³/mol. The number of rotatable bonds is 3. The van der Waals surface area contributed by atoms with Gasteiger partial charge in [-0.15, -0.1) is 0 Å². The van der Waals surface area contributed by atoms with Crippen LogP contribution in [0.2, 0.25) is 0 Å². The molecular weight excluding hydrogens is 196 g/mol. The van der Waals surface area contributed by atoms with Gasteiger partial charge in [-0.3, -0.25) is 0 Å². The van der Waals surface area contributed by atoms with Gasteiger partial charge in [-0.05, 0) is 25.6 Å². The molecule has 0 saturated carbocycles. The molecule has 1 aliphatic heterocycles. The summed E-state index contributed by atoms with van der Waals surface area (Å²) < 4.78 is 0. The third-order valence-corrected chi connectivity index (χ3v) is 3.38. The van der Waals surface area contributed by atoms with E-state index in [1.165, 1.54) is 0 Å². The first-order chi connectivity index (χ1) is 6.50. The Kier molecular flexibility index (Phi) is 3.72. The molecule has 0 radical (unpaired) electrons. The smallest absolute Gasteiger partial charge is 0.171 e. The van der Waals surface area contributed by atoms with Gasteiger partial charge >= 0.3 is 0 Å². The van der Waals surface area contributed by atoms with Crippen LogP contribution in [0.3, 0.4) is 0 Å². The van der Waals surface area contributed by atoms with Crippen LogP contribution in [0.1, 0.15) is 33.6 Å². The van der Waals surface area contributed by atoms with Crippen LogP contribution in [0.5, 0.6) is 0 Å². The van der Waals surface area contributed by atoms with Gasteiger partial charge in [0.2, 0.25) is 0 Å². The molecule has 14 heavy (non-hydrogen) atoms. The van der Waals surface area contributed by atoms with Crippen LogP contribution in [0.4, 0.5) is 0 Å². The van der Waals surface area contributed by atoms with Gasteiger partial charge in [0.25, 0.3) is 0 Å². The molecule has 0 aromatic heterocycles. The Morgan fingerprint density at radius 3 is 2.93 bits per heavy atom. The van der Waals surface area contributed by atoms with Crippen molar-refractivity contribution in [1.82, 2.24) is 10.2 Å². The number of aliphatic hydroxyl groups is 1. The Morgan fingerprint density at radius 2 is 2.36 bits per heavy atom. The Balaban J connectivity index is 2.70. The second-order valence-electron chi connectivity index (χ2n) is 4.19. The Hall–Kier alpha value is -0.350. The molecule has 0 aromatic carbocycles. The van der Waals surface area contributed by atoms with Crippen molar-refractivity contribution in [3.05, 3.63) is 0 Å². The molecular formula is C10H20N2OS. The molecule has 0 aromatic rings. The molecule has 1 rings (SSSR count). The number of nitrogens with one attached hydrogen (secondary N) is 1. The van der Waals surface area contributed by atoms with Crippen molar-refractivity contribution in [2.45, 2.75) is 39.3 Å². The van der Waals surface area contributed by atoms with Crippen LogP contribution in [-0.4, -0.2) is 33.9 Å². The predicted octanol–water partition coefficient (Wildman–Crippen LogP) is 1.32. The summed E-state index contributed by atoms with van der Waals surface area (Å²) in [5.41, 5.74) is -0.794. The van der Waals surface area contributed by atoms with E-state index in [1.54, 1.807) is 0 Å². The van der Waals surface area contributed by atoms with Crippen LogP contribution in [-0.2, 0) is 0 Å². The lowest BCUT2D eigenvalue weighted by molar-refractivity contribution is -0.104. The summed E-state index contributed by atoms with van der Waals surface area (Å²) in [4.78, 5) is 1.90.